The van der Waals surface area contributed by atoms with Gasteiger partial charge in [0.1, 0.15) is 18.9 Å². The number of halogens is 1. The van der Waals surface area contributed by atoms with Crippen molar-refractivity contribution in [2.24, 2.45) is 5.10 Å². The van der Waals surface area contributed by atoms with E-state index < -0.39 is 22.5 Å². The fourth-order valence-electron chi connectivity index (χ4n) is 3.74. The molecule has 9 heteroatoms. The minimum atomic E-state index is -4.01. The first-order chi connectivity index (χ1) is 18.8. The summed E-state index contributed by atoms with van der Waals surface area (Å²) in [6.07, 6.45) is 1.45. The fraction of sp³-hybridized carbons (Fsp3) is 0.133. The molecule has 0 unspecified atom stereocenters. The Kier molecular flexibility index (Phi) is 9.01. The van der Waals surface area contributed by atoms with Crippen molar-refractivity contribution in [2.45, 2.75) is 25.3 Å². The van der Waals surface area contributed by atoms with Gasteiger partial charge in [-0.15, -0.1) is 0 Å². The Morgan fingerprint density at radius 1 is 0.923 bits per heavy atom. The molecule has 0 atom stereocenters. The molecule has 7 nitrogen and oxygen atoms in total. The van der Waals surface area contributed by atoms with E-state index >= 15 is 0 Å². The van der Waals surface area contributed by atoms with Crippen LogP contribution in [0.5, 0.6) is 5.75 Å². The van der Waals surface area contributed by atoms with E-state index in [-0.39, 0.29) is 11.5 Å². The SMILES string of the molecule is Cc1ccc(N(CC(=O)NN=Cc2ccccc2OCc2ccccc2Cl)S(=O)(=O)c2ccccc2)cc1C. The molecule has 0 bridgehead atoms. The van der Waals surface area contributed by atoms with Crippen LogP contribution in [0.2, 0.25) is 5.02 Å². The van der Waals surface area contributed by atoms with Gasteiger partial charge in [-0.3, -0.25) is 9.10 Å². The molecule has 0 fully saturated rings. The molecule has 0 aliphatic carbocycles. The first-order valence-electron chi connectivity index (χ1n) is 12.2. The summed E-state index contributed by atoms with van der Waals surface area (Å²) in [4.78, 5) is 13.0. The molecule has 39 heavy (non-hydrogen) atoms. The highest BCUT2D eigenvalue weighted by Gasteiger charge is 2.27. The Hall–Kier alpha value is -4.14. The van der Waals surface area contributed by atoms with Gasteiger partial charge in [-0.1, -0.05) is 66.2 Å². The van der Waals surface area contributed by atoms with E-state index in [1.54, 1.807) is 48.5 Å². The number of amides is 1. The first kappa shape index (κ1) is 27.9. The number of carbonyl (C=O) groups is 1. The smallest absolute Gasteiger partial charge is 0.264 e. The third-order valence-corrected chi connectivity index (χ3v) is 8.21. The lowest BCUT2D eigenvalue weighted by molar-refractivity contribution is -0.119. The highest BCUT2D eigenvalue weighted by atomic mass is 35.5. The van der Waals surface area contributed by atoms with Crippen LogP contribution in [-0.4, -0.2) is 27.1 Å². The number of benzene rings is 4. The van der Waals surface area contributed by atoms with Crippen molar-refractivity contribution in [3.05, 3.63) is 124 Å². The number of nitrogens with zero attached hydrogens (tertiary/aromatic N) is 2. The van der Waals surface area contributed by atoms with Crippen LogP contribution in [0, 0.1) is 13.8 Å². The second-order valence-electron chi connectivity index (χ2n) is 8.80. The summed E-state index contributed by atoms with van der Waals surface area (Å²) >= 11 is 6.22. The van der Waals surface area contributed by atoms with Crippen molar-refractivity contribution in [2.75, 3.05) is 10.8 Å². The minimum absolute atomic E-state index is 0.0872. The summed E-state index contributed by atoms with van der Waals surface area (Å²) in [5.41, 5.74) is 6.22. The van der Waals surface area contributed by atoms with Crippen LogP contribution in [0.1, 0.15) is 22.3 Å². The van der Waals surface area contributed by atoms with Crippen LogP contribution in [0.25, 0.3) is 0 Å². The molecular weight excluding hydrogens is 534 g/mol. The van der Waals surface area contributed by atoms with Gasteiger partial charge in [0.25, 0.3) is 15.9 Å². The average molecular weight is 562 g/mol. The third kappa shape index (κ3) is 7.04. The number of sulfonamides is 1. The lowest BCUT2D eigenvalue weighted by atomic mass is 10.1. The number of hydrazone groups is 1. The van der Waals surface area contributed by atoms with E-state index in [9.17, 15) is 13.2 Å². The van der Waals surface area contributed by atoms with Crippen LogP contribution in [-0.2, 0) is 21.4 Å². The van der Waals surface area contributed by atoms with E-state index in [0.717, 1.165) is 21.0 Å². The molecule has 0 saturated heterocycles. The maximum atomic E-state index is 13.5. The van der Waals surface area contributed by atoms with Crippen molar-refractivity contribution < 1.29 is 17.9 Å². The van der Waals surface area contributed by atoms with Crippen molar-refractivity contribution in [3.8, 4) is 5.75 Å². The lowest BCUT2D eigenvalue weighted by Gasteiger charge is -2.24. The maximum Gasteiger partial charge on any atom is 0.264 e. The Morgan fingerprint density at radius 2 is 1.62 bits per heavy atom. The average Bonchev–Trinajstić information content (AvgIpc) is 2.94. The molecule has 0 aliphatic rings. The summed E-state index contributed by atoms with van der Waals surface area (Å²) in [7, 11) is -4.01. The normalized spacial score (nSPS) is 11.4. The number of para-hydroxylation sites is 1. The predicted octanol–water partition coefficient (Wildman–Crippen LogP) is 5.88. The highest BCUT2D eigenvalue weighted by molar-refractivity contribution is 7.92. The van der Waals surface area contributed by atoms with Gasteiger partial charge in [0, 0.05) is 16.1 Å². The second-order valence-corrected chi connectivity index (χ2v) is 11.1. The summed E-state index contributed by atoms with van der Waals surface area (Å²) in [5, 5.41) is 4.66. The van der Waals surface area contributed by atoms with Crippen LogP contribution in [0.4, 0.5) is 5.69 Å². The maximum absolute atomic E-state index is 13.5. The van der Waals surface area contributed by atoms with E-state index in [0.29, 0.717) is 22.0 Å². The number of carbonyl (C=O) groups excluding carboxylic acids is 1. The zero-order chi connectivity index (χ0) is 27.8. The molecule has 0 radical (unpaired) electrons. The van der Waals surface area contributed by atoms with Crippen molar-refractivity contribution >= 4 is 39.4 Å². The van der Waals surface area contributed by atoms with Gasteiger partial charge in [-0.25, -0.2) is 13.8 Å². The Labute approximate surface area is 233 Å². The van der Waals surface area contributed by atoms with Gasteiger partial charge in [0.15, 0.2) is 0 Å². The Morgan fingerprint density at radius 3 is 2.36 bits per heavy atom. The summed E-state index contributed by atoms with van der Waals surface area (Å²) < 4.78 is 34.0. The molecular formula is C30H28ClN3O4S. The van der Waals surface area contributed by atoms with Gasteiger partial charge >= 0.3 is 0 Å². The number of hydrogen-bond donors (Lipinski definition) is 1. The number of anilines is 1. The monoisotopic (exact) mass is 561 g/mol. The van der Waals surface area contributed by atoms with E-state index in [1.807, 2.05) is 50.2 Å². The highest BCUT2D eigenvalue weighted by Crippen LogP contribution is 2.26. The number of nitrogens with one attached hydrogen (secondary N) is 1. The molecule has 0 spiro atoms. The zero-order valence-electron chi connectivity index (χ0n) is 21.5. The van der Waals surface area contributed by atoms with Crippen molar-refractivity contribution in [3.63, 3.8) is 0 Å². The molecule has 1 amide bonds. The van der Waals surface area contributed by atoms with E-state index in [4.69, 9.17) is 16.3 Å². The Balaban J connectivity index is 1.50. The van der Waals surface area contributed by atoms with E-state index in [2.05, 4.69) is 10.5 Å². The topological polar surface area (TPSA) is 88.1 Å². The molecule has 0 heterocycles. The summed E-state index contributed by atoms with van der Waals surface area (Å²) in [5.74, 6) is -0.0442. The zero-order valence-corrected chi connectivity index (χ0v) is 23.1. The van der Waals surface area contributed by atoms with Gasteiger partial charge in [0.2, 0.25) is 0 Å². The summed E-state index contributed by atoms with van der Waals surface area (Å²) in [6.45, 7) is 3.63. The number of ether oxygens (including phenoxy) is 1. The molecule has 4 rings (SSSR count). The van der Waals surface area contributed by atoms with Crippen LogP contribution >= 0.6 is 11.6 Å². The van der Waals surface area contributed by atoms with Crippen LogP contribution in [0.15, 0.2) is 107 Å². The van der Waals surface area contributed by atoms with Crippen LogP contribution in [0.3, 0.4) is 0 Å². The molecule has 1 N–H and O–H groups in total. The predicted molar refractivity (Wildman–Crippen MR) is 155 cm³/mol. The number of aryl methyl sites for hydroxylation is 2. The van der Waals surface area contributed by atoms with Crippen molar-refractivity contribution in [1.82, 2.24) is 5.43 Å². The lowest BCUT2D eigenvalue weighted by Crippen LogP contribution is -2.39. The standard InChI is InChI=1S/C30H28ClN3O4S/c1-22-16-17-26(18-23(22)2)34(39(36,37)27-12-4-3-5-13-27)20-30(35)33-32-19-24-10-7-9-15-29(24)38-21-25-11-6-8-14-28(25)31/h3-19H,20-21H2,1-2H3,(H,33,35). The van der Waals surface area contributed by atoms with Gasteiger partial charge in [0.05, 0.1) is 16.8 Å². The quantitative estimate of drug-likeness (QED) is 0.193. The van der Waals surface area contributed by atoms with Gasteiger partial charge < -0.3 is 4.74 Å². The number of hydrogen-bond acceptors (Lipinski definition) is 5. The molecule has 0 aromatic heterocycles. The first-order valence-corrected chi connectivity index (χ1v) is 14.0. The molecule has 4 aromatic rings. The molecule has 4 aromatic carbocycles. The van der Waals surface area contributed by atoms with Crippen molar-refractivity contribution in [1.29, 1.82) is 0 Å². The number of rotatable bonds is 10. The van der Waals surface area contributed by atoms with Gasteiger partial charge in [-0.05, 0) is 67.4 Å². The Bertz CT molecular complexity index is 1590. The largest absolute Gasteiger partial charge is 0.488 e. The molecule has 0 aliphatic heterocycles. The summed E-state index contributed by atoms with van der Waals surface area (Å²) in [6, 6.07) is 27.9. The van der Waals surface area contributed by atoms with Gasteiger partial charge in [-0.2, -0.15) is 5.10 Å². The minimum Gasteiger partial charge on any atom is -0.488 e. The van der Waals surface area contributed by atoms with E-state index in [1.165, 1.54) is 18.3 Å². The van der Waals surface area contributed by atoms with Crippen LogP contribution < -0.4 is 14.5 Å². The second kappa shape index (κ2) is 12.6. The fourth-order valence-corrected chi connectivity index (χ4v) is 5.37. The third-order valence-electron chi connectivity index (χ3n) is 6.05. The molecule has 200 valence electrons. The molecule has 0 saturated carbocycles.